The molecule has 0 aromatic heterocycles. The molecule has 0 radical (unpaired) electrons. The maximum atomic E-state index is 12.0. The van der Waals surface area contributed by atoms with E-state index in [9.17, 15) is 5.11 Å². The summed E-state index contributed by atoms with van der Waals surface area (Å²) in [4.78, 5) is 2.13. The second-order valence-electron chi connectivity index (χ2n) is 7.26. The summed E-state index contributed by atoms with van der Waals surface area (Å²) >= 11 is 0. The molecule has 1 aliphatic carbocycles. The van der Waals surface area contributed by atoms with Crippen molar-refractivity contribution < 1.29 is 14.6 Å². The fourth-order valence-corrected chi connectivity index (χ4v) is 4.54. The second-order valence-corrected chi connectivity index (χ2v) is 7.26. The Labute approximate surface area is 161 Å². The number of methoxy groups -OCH3 is 1. The van der Waals surface area contributed by atoms with Gasteiger partial charge in [-0.2, -0.15) is 0 Å². The van der Waals surface area contributed by atoms with Gasteiger partial charge in [0.1, 0.15) is 11.5 Å². The van der Waals surface area contributed by atoms with Crippen LogP contribution in [0, 0.1) is 5.92 Å². The summed E-state index contributed by atoms with van der Waals surface area (Å²) in [5, 5.41) is 12.0. The van der Waals surface area contributed by atoms with Crippen molar-refractivity contribution in [2.24, 2.45) is 5.92 Å². The van der Waals surface area contributed by atoms with Gasteiger partial charge in [-0.1, -0.05) is 19.1 Å². The van der Waals surface area contributed by atoms with E-state index in [1.807, 2.05) is 55.5 Å². The molecule has 0 saturated carbocycles. The minimum Gasteiger partial charge on any atom is -0.497 e. The molecule has 2 aromatic rings. The highest BCUT2D eigenvalue weighted by Gasteiger charge is 2.52. The van der Waals surface area contributed by atoms with Gasteiger partial charge in [-0.25, -0.2) is 0 Å². The van der Waals surface area contributed by atoms with Crippen LogP contribution in [0.5, 0.6) is 11.5 Å². The van der Waals surface area contributed by atoms with Gasteiger partial charge in [0, 0.05) is 22.9 Å². The lowest BCUT2D eigenvalue weighted by Gasteiger charge is -2.41. The monoisotopic (exact) mass is 365 g/mol. The summed E-state index contributed by atoms with van der Waals surface area (Å²) in [5.41, 5.74) is 3.44. The molecule has 0 fully saturated rings. The minimum absolute atomic E-state index is 0.0371. The summed E-state index contributed by atoms with van der Waals surface area (Å²) in [6.45, 7) is 4.74. The van der Waals surface area contributed by atoms with Gasteiger partial charge in [0.2, 0.25) is 0 Å². The van der Waals surface area contributed by atoms with Crippen LogP contribution >= 0.6 is 0 Å². The lowest BCUT2D eigenvalue weighted by Crippen LogP contribution is -2.46. The molecule has 2 unspecified atom stereocenters. The van der Waals surface area contributed by atoms with Crippen molar-refractivity contribution in [1.29, 1.82) is 0 Å². The van der Waals surface area contributed by atoms with Gasteiger partial charge < -0.3 is 19.5 Å². The number of hydrogen-bond acceptors (Lipinski definition) is 4. The van der Waals surface area contributed by atoms with Gasteiger partial charge >= 0.3 is 0 Å². The quantitative estimate of drug-likeness (QED) is 0.824. The smallest absolute Gasteiger partial charge is 0.174 e. The Hall–Kier alpha value is -2.46. The van der Waals surface area contributed by atoms with Crippen LogP contribution in [0.2, 0.25) is 0 Å². The molecule has 2 atom stereocenters. The Morgan fingerprint density at radius 2 is 1.70 bits per heavy atom. The first kappa shape index (κ1) is 17.9. The highest BCUT2D eigenvalue weighted by atomic mass is 16.5. The molecule has 2 aliphatic rings. The highest BCUT2D eigenvalue weighted by molar-refractivity contribution is 5.63. The highest BCUT2D eigenvalue weighted by Crippen LogP contribution is 2.54. The molecule has 142 valence electrons. The molecule has 0 amide bonds. The summed E-state index contributed by atoms with van der Waals surface area (Å²) in [5.74, 6) is 1.68. The average molecular weight is 365 g/mol. The minimum atomic E-state index is -1.09. The third kappa shape index (κ3) is 2.79. The number of rotatable bonds is 5. The molecule has 4 nitrogen and oxygen atoms in total. The normalized spacial score (nSPS) is 24.3. The van der Waals surface area contributed by atoms with Crippen LogP contribution in [0.4, 0.5) is 5.69 Å². The molecule has 27 heavy (non-hydrogen) atoms. The largest absolute Gasteiger partial charge is 0.497 e. The molecule has 4 rings (SSSR count). The number of hydrogen-bond donors (Lipinski definition) is 1. The number of anilines is 1. The third-order valence-corrected chi connectivity index (χ3v) is 5.89. The van der Waals surface area contributed by atoms with E-state index in [2.05, 4.69) is 11.8 Å². The number of benzene rings is 2. The third-order valence-electron chi connectivity index (χ3n) is 5.89. The summed E-state index contributed by atoms with van der Waals surface area (Å²) < 4.78 is 10.9. The van der Waals surface area contributed by atoms with Crippen molar-refractivity contribution in [3.8, 4) is 11.5 Å². The molecule has 1 heterocycles. The predicted molar refractivity (Wildman–Crippen MR) is 107 cm³/mol. The molecular formula is C23H27NO3. The van der Waals surface area contributed by atoms with E-state index >= 15 is 0 Å². The Balaban J connectivity index is 1.78. The van der Waals surface area contributed by atoms with Crippen molar-refractivity contribution >= 4 is 5.69 Å². The topological polar surface area (TPSA) is 41.9 Å². The van der Waals surface area contributed by atoms with E-state index in [-0.39, 0.29) is 5.92 Å². The molecule has 2 aromatic carbocycles. The van der Waals surface area contributed by atoms with Gasteiger partial charge in [0.15, 0.2) is 5.72 Å². The second kappa shape index (κ2) is 6.93. The van der Waals surface area contributed by atoms with Crippen LogP contribution in [-0.4, -0.2) is 18.8 Å². The van der Waals surface area contributed by atoms with E-state index in [1.165, 1.54) is 11.3 Å². The van der Waals surface area contributed by atoms with Crippen LogP contribution in [0.1, 0.15) is 38.7 Å². The number of nitrogens with zero attached hydrogens (tertiary/aromatic N) is 1. The van der Waals surface area contributed by atoms with Crippen LogP contribution in [0.3, 0.4) is 0 Å². The van der Waals surface area contributed by atoms with E-state index in [4.69, 9.17) is 9.47 Å². The maximum Gasteiger partial charge on any atom is 0.174 e. The summed E-state index contributed by atoms with van der Waals surface area (Å²) in [6, 6.07) is 15.8. The van der Waals surface area contributed by atoms with Crippen molar-refractivity contribution in [1.82, 2.24) is 0 Å². The number of ether oxygens (including phenoxy) is 2. The fourth-order valence-electron chi connectivity index (χ4n) is 4.54. The molecule has 1 aliphatic heterocycles. The zero-order valence-corrected chi connectivity index (χ0v) is 16.2. The van der Waals surface area contributed by atoms with Gasteiger partial charge in [-0.3, -0.25) is 0 Å². The van der Waals surface area contributed by atoms with Crippen LogP contribution < -0.4 is 14.4 Å². The lowest BCUT2D eigenvalue weighted by molar-refractivity contribution is 0.00932. The van der Waals surface area contributed by atoms with Gasteiger partial charge in [-0.15, -0.1) is 0 Å². The molecular weight excluding hydrogens is 338 g/mol. The molecule has 1 N–H and O–H groups in total. The van der Waals surface area contributed by atoms with Crippen LogP contribution in [0.15, 0.2) is 59.8 Å². The van der Waals surface area contributed by atoms with E-state index in [0.29, 0.717) is 6.61 Å². The Morgan fingerprint density at radius 3 is 2.33 bits per heavy atom. The van der Waals surface area contributed by atoms with E-state index in [1.54, 1.807) is 7.11 Å². The average Bonchev–Trinajstić information content (AvgIpc) is 3.24. The standard InChI is InChI=1S/C23H27NO3/c1-4-27-20-12-8-17(9-13-20)23(25)16(2)21-6-5-7-22(21)24(23)18-10-14-19(26-3)15-11-18/h8-16,25H,4-7H2,1-3H3. The van der Waals surface area contributed by atoms with E-state index < -0.39 is 5.72 Å². The summed E-state index contributed by atoms with van der Waals surface area (Å²) in [6.07, 6.45) is 3.22. The SMILES string of the molecule is CCOc1ccc(C2(O)C(C)C3=C(CCC3)N2c2ccc(OC)cc2)cc1. The molecule has 0 spiro atoms. The zero-order valence-electron chi connectivity index (χ0n) is 16.2. The van der Waals surface area contributed by atoms with Crippen molar-refractivity contribution in [2.75, 3.05) is 18.6 Å². The maximum absolute atomic E-state index is 12.0. The van der Waals surface area contributed by atoms with Crippen LogP contribution in [0.25, 0.3) is 0 Å². The Morgan fingerprint density at radius 1 is 1.04 bits per heavy atom. The molecule has 0 saturated heterocycles. The zero-order chi connectivity index (χ0) is 19.0. The number of allylic oxidation sites excluding steroid dienone is 1. The van der Waals surface area contributed by atoms with E-state index in [0.717, 1.165) is 42.0 Å². The van der Waals surface area contributed by atoms with Gasteiger partial charge in [0.25, 0.3) is 0 Å². The Bertz CT molecular complexity index is 841. The molecule has 4 heteroatoms. The molecule has 0 bridgehead atoms. The van der Waals surface area contributed by atoms with Crippen molar-refractivity contribution in [3.05, 3.63) is 65.4 Å². The first-order valence-corrected chi connectivity index (χ1v) is 9.71. The Kier molecular flexibility index (Phi) is 4.60. The number of aliphatic hydroxyl groups is 1. The van der Waals surface area contributed by atoms with Crippen molar-refractivity contribution in [3.63, 3.8) is 0 Å². The first-order chi connectivity index (χ1) is 13.1. The summed E-state index contributed by atoms with van der Waals surface area (Å²) in [7, 11) is 1.67. The predicted octanol–water partition coefficient (Wildman–Crippen LogP) is 4.83. The fraction of sp³-hybridized carbons (Fsp3) is 0.391. The van der Waals surface area contributed by atoms with Crippen LogP contribution in [-0.2, 0) is 5.72 Å². The van der Waals surface area contributed by atoms with Crippen molar-refractivity contribution in [2.45, 2.75) is 38.8 Å². The first-order valence-electron chi connectivity index (χ1n) is 9.71. The lowest BCUT2D eigenvalue weighted by atomic mass is 9.86. The van der Waals surface area contributed by atoms with Gasteiger partial charge in [0.05, 0.1) is 13.7 Å². The van der Waals surface area contributed by atoms with Gasteiger partial charge in [-0.05, 0) is 68.2 Å².